The van der Waals surface area contributed by atoms with Gasteiger partial charge in [-0.3, -0.25) is 9.59 Å². The maximum atomic E-state index is 12.5. The fraction of sp³-hybridized carbons (Fsp3) is 0.860. The van der Waals surface area contributed by atoms with Crippen LogP contribution in [0, 0.1) is 0 Å². The van der Waals surface area contributed by atoms with Crippen LogP contribution >= 0.6 is 0 Å². The Bertz CT molecular complexity index is 1020. The highest BCUT2D eigenvalue weighted by atomic mass is 16.5. The topological polar surface area (TPSA) is 95.9 Å². The standard InChI is InChI=1S/C57H107NO5/c1-3-5-7-9-11-13-15-17-19-21-22-23-24-25-27-29-33-37-41-45-49-55(60)54(53-59)58-56(61)50-46-42-38-34-31-32-36-40-44-48-52-63-57(62)51-47-43-39-35-30-28-26-20-18-16-14-12-10-8-6-4-2/h20,26,32,36,45,49,54-55,59-60H,3-19,21-25,27-31,33-35,37-44,46-48,50-53H2,1-2H3,(H,58,61)/b26-20-,36-32-,49-45+. The first-order chi connectivity index (χ1) is 31.0. The monoisotopic (exact) mass is 886 g/mol. The molecule has 6 heteroatoms. The molecule has 0 aromatic heterocycles. The van der Waals surface area contributed by atoms with Crippen LogP contribution in [-0.2, 0) is 14.3 Å². The molecule has 0 fully saturated rings. The molecule has 0 aliphatic heterocycles. The molecule has 0 rings (SSSR count). The molecule has 2 unspecified atom stereocenters. The number of aliphatic hydroxyl groups excluding tert-OH is 2. The van der Waals surface area contributed by atoms with Gasteiger partial charge in [0.2, 0.25) is 5.91 Å². The Hall–Kier alpha value is -1.92. The van der Waals surface area contributed by atoms with E-state index in [-0.39, 0.29) is 18.5 Å². The lowest BCUT2D eigenvalue weighted by Gasteiger charge is -2.20. The van der Waals surface area contributed by atoms with Gasteiger partial charge < -0.3 is 20.3 Å². The third kappa shape index (κ3) is 49.4. The van der Waals surface area contributed by atoms with Crippen LogP contribution in [0.5, 0.6) is 0 Å². The number of allylic oxidation sites excluding steroid dienone is 5. The van der Waals surface area contributed by atoms with Crippen LogP contribution in [0.1, 0.15) is 290 Å². The molecule has 1 amide bonds. The number of nitrogens with one attached hydrogen (secondary N) is 1. The van der Waals surface area contributed by atoms with Gasteiger partial charge in [-0.15, -0.1) is 0 Å². The molecule has 0 saturated heterocycles. The highest BCUT2D eigenvalue weighted by molar-refractivity contribution is 5.76. The Kier molecular flexibility index (Phi) is 51.1. The average Bonchev–Trinajstić information content (AvgIpc) is 3.28. The minimum Gasteiger partial charge on any atom is -0.466 e. The smallest absolute Gasteiger partial charge is 0.305 e. The summed E-state index contributed by atoms with van der Waals surface area (Å²) in [5.74, 6) is -0.149. The van der Waals surface area contributed by atoms with Gasteiger partial charge in [-0.2, -0.15) is 0 Å². The SMILES string of the molecule is CCCCCCCCC/C=C\CCCCCCCC(=O)OCCCC/C=C\CCCCCCC(=O)NC(CO)C(O)/C=C/CCCCCCCCCCCCCCCCCCCC. The molecule has 63 heavy (non-hydrogen) atoms. The first-order valence-electron chi connectivity index (χ1n) is 27.8. The first-order valence-corrected chi connectivity index (χ1v) is 27.8. The van der Waals surface area contributed by atoms with E-state index in [0.717, 1.165) is 77.0 Å². The van der Waals surface area contributed by atoms with Crippen molar-refractivity contribution in [2.45, 2.75) is 302 Å². The summed E-state index contributed by atoms with van der Waals surface area (Å²) >= 11 is 0. The van der Waals surface area contributed by atoms with E-state index in [1.807, 2.05) is 6.08 Å². The van der Waals surface area contributed by atoms with Gasteiger partial charge in [-0.1, -0.05) is 230 Å². The van der Waals surface area contributed by atoms with Gasteiger partial charge in [0.25, 0.3) is 0 Å². The first kappa shape index (κ1) is 61.1. The van der Waals surface area contributed by atoms with Crippen LogP contribution in [-0.4, -0.2) is 47.4 Å². The zero-order valence-electron chi connectivity index (χ0n) is 42.1. The normalized spacial score (nSPS) is 12.9. The van der Waals surface area contributed by atoms with Crippen molar-refractivity contribution in [1.29, 1.82) is 0 Å². The number of hydrogen-bond acceptors (Lipinski definition) is 5. The van der Waals surface area contributed by atoms with Crippen LogP contribution in [0.25, 0.3) is 0 Å². The summed E-state index contributed by atoms with van der Waals surface area (Å²) in [6.07, 6.45) is 64.4. The molecule has 0 aliphatic carbocycles. The largest absolute Gasteiger partial charge is 0.466 e. The molecule has 0 aromatic carbocycles. The lowest BCUT2D eigenvalue weighted by Crippen LogP contribution is -2.45. The van der Waals surface area contributed by atoms with Gasteiger partial charge in [0.05, 0.1) is 25.4 Å². The third-order valence-electron chi connectivity index (χ3n) is 12.6. The summed E-state index contributed by atoms with van der Waals surface area (Å²) in [5, 5.41) is 23.1. The van der Waals surface area contributed by atoms with Gasteiger partial charge in [0, 0.05) is 12.8 Å². The summed E-state index contributed by atoms with van der Waals surface area (Å²) < 4.78 is 5.44. The van der Waals surface area contributed by atoms with Gasteiger partial charge in [0.15, 0.2) is 0 Å². The second kappa shape index (κ2) is 52.7. The van der Waals surface area contributed by atoms with Crippen molar-refractivity contribution >= 4 is 11.9 Å². The second-order valence-electron chi connectivity index (χ2n) is 18.9. The highest BCUT2D eigenvalue weighted by Crippen LogP contribution is 2.16. The number of unbranched alkanes of at least 4 members (excludes halogenated alkanes) is 36. The molecule has 2 atom stereocenters. The zero-order valence-corrected chi connectivity index (χ0v) is 42.1. The fourth-order valence-electron chi connectivity index (χ4n) is 8.33. The number of hydrogen-bond donors (Lipinski definition) is 3. The van der Waals surface area contributed by atoms with Crippen LogP contribution < -0.4 is 5.32 Å². The summed E-state index contributed by atoms with van der Waals surface area (Å²) in [5.41, 5.74) is 0. The Morgan fingerprint density at radius 3 is 1.13 bits per heavy atom. The maximum absolute atomic E-state index is 12.5. The summed E-state index contributed by atoms with van der Waals surface area (Å²) in [6.45, 7) is 4.82. The predicted octanol–water partition coefficient (Wildman–Crippen LogP) is 16.9. The van der Waals surface area contributed by atoms with Crippen molar-refractivity contribution in [3.05, 3.63) is 36.5 Å². The Morgan fingerprint density at radius 1 is 0.429 bits per heavy atom. The third-order valence-corrected chi connectivity index (χ3v) is 12.6. The van der Waals surface area contributed by atoms with Crippen LogP contribution in [0.15, 0.2) is 36.5 Å². The van der Waals surface area contributed by atoms with E-state index in [9.17, 15) is 19.8 Å². The van der Waals surface area contributed by atoms with Crippen molar-refractivity contribution < 1.29 is 24.5 Å². The number of carbonyl (C=O) groups is 2. The Labute approximate surface area is 392 Å². The van der Waals surface area contributed by atoms with Gasteiger partial charge in [-0.05, 0) is 83.5 Å². The highest BCUT2D eigenvalue weighted by Gasteiger charge is 2.18. The van der Waals surface area contributed by atoms with Crippen LogP contribution in [0.3, 0.4) is 0 Å². The number of rotatable bonds is 51. The molecule has 0 bridgehead atoms. The van der Waals surface area contributed by atoms with Crippen molar-refractivity contribution in [2.24, 2.45) is 0 Å². The average molecular weight is 886 g/mol. The maximum Gasteiger partial charge on any atom is 0.305 e. The Morgan fingerprint density at radius 2 is 0.746 bits per heavy atom. The molecule has 0 saturated carbocycles. The van der Waals surface area contributed by atoms with Crippen LogP contribution in [0.2, 0.25) is 0 Å². The van der Waals surface area contributed by atoms with Gasteiger partial charge >= 0.3 is 5.97 Å². The molecular formula is C57H107NO5. The summed E-state index contributed by atoms with van der Waals surface area (Å²) in [6, 6.07) is -0.655. The molecule has 0 aliphatic rings. The minimum absolute atomic E-state index is 0.0458. The minimum atomic E-state index is -0.867. The van der Waals surface area contributed by atoms with Crippen molar-refractivity contribution in [2.75, 3.05) is 13.2 Å². The number of aliphatic hydroxyl groups is 2. The van der Waals surface area contributed by atoms with E-state index >= 15 is 0 Å². The van der Waals surface area contributed by atoms with Gasteiger partial charge in [-0.25, -0.2) is 0 Å². The van der Waals surface area contributed by atoms with E-state index in [4.69, 9.17) is 4.74 Å². The quantitative estimate of drug-likeness (QED) is 0.0321. The van der Waals surface area contributed by atoms with Gasteiger partial charge in [0.1, 0.15) is 0 Å². The fourth-order valence-corrected chi connectivity index (χ4v) is 8.33. The predicted molar refractivity (Wildman–Crippen MR) is 273 cm³/mol. The lowest BCUT2D eigenvalue weighted by atomic mass is 10.0. The number of esters is 1. The second-order valence-corrected chi connectivity index (χ2v) is 18.9. The molecule has 0 radical (unpaired) electrons. The number of ether oxygens (including phenoxy) is 1. The van der Waals surface area contributed by atoms with E-state index in [2.05, 4.69) is 43.5 Å². The molecule has 0 aromatic rings. The molecule has 0 heterocycles. The molecule has 6 nitrogen and oxygen atoms in total. The lowest BCUT2D eigenvalue weighted by molar-refractivity contribution is -0.143. The van der Waals surface area contributed by atoms with Crippen molar-refractivity contribution in [3.63, 3.8) is 0 Å². The van der Waals surface area contributed by atoms with E-state index < -0.39 is 12.1 Å². The van der Waals surface area contributed by atoms with Crippen molar-refractivity contribution in [1.82, 2.24) is 5.32 Å². The van der Waals surface area contributed by atoms with Crippen LogP contribution in [0.4, 0.5) is 0 Å². The van der Waals surface area contributed by atoms with Crippen molar-refractivity contribution in [3.8, 4) is 0 Å². The molecular weight excluding hydrogens is 779 g/mol. The Balaban J connectivity index is 3.56. The number of carbonyl (C=O) groups excluding carboxylic acids is 2. The molecule has 0 spiro atoms. The number of amides is 1. The molecule has 370 valence electrons. The van der Waals surface area contributed by atoms with E-state index in [0.29, 0.717) is 19.4 Å². The summed E-state index contributed by atoms with van der Waals surface area (Å²) in [7, 11) is 0. The van der Waals surface area contributed by atoms with E-state index in [1.54, 1.807) is 6.08 Å². The summed E-state index contributed by atoms with van der Waals surface area (Å²) in [4.78, 5) is 24.5. The van der Waals surface area contributed by atoms with E-state index in [1.165, 1.54) is 186 Å². The zero-order chi connectivity index (χ0) is 45.8. The molecule has 3 N–H and O–H groups in total.